The first-order valence-corrected chi connectivity index (χ1v) is 5.56. The maximum absolute atomic E-state index is 11.2. The van der Waals surface area contributed by atoms with Crippen molar-refractivity contribution in [2.45, 2.75) is 13.8 Å². The summed E-state index contributed by atoms with van der Waals surface area (Å²) in [6.07, 6.45) is 0. The van der Waals surface area contributed by atoms with Gasteiger partial charge >= 0.3 is 0 Å². The Morgan fingerprint density at radius 3 is 2.33 bits per heavy atom. The van der Waals surface area contributed by atoms with Crippen LogP contribution < -0.4 is 15.9 Å². The molecule has 1 aromatic carbocycles. The quantitative estimate of drug-likeness (QED) is 0.756. The highest BCUT2D eigenvalue weighted by Crippen LogP contribution is 2.16. The second-order valence-corrected chi connectivity index (χ2v) is 3.71. The first-order chi connectivity index (χ1) is 8.52. The number of anilines is 1. The minimum Gasteiger partial charge on any atom is -0.377 e. The van der Waals surface area contributed by atoms with Gasteiger partial charge < -0.3 is 15.9 Å². The highest BCUT2D eigenvalue weighted by Gasteiger charge is 2.09. The number of rotatable bonds is 5. The van der Waals surface area contributed by atoms with E-state index in [1.165, 1.54) is 18.9 Å². The maximum Gasteiger partial charge on any atom is 0.252 e. The van der Waals surface area contributed by atoms with Crippen molar-refractivity contribution < 1.29 is 14.4 Å². The maximum atomic E-state index is 11.2. The van der Waals surface area contributed by atoms with E-state index in [4.69, 9.17) is 10.6 Å². The summed E-state index contributed by atoms with van der Waals surface area (Å²) in [4.78, 5) is 27.4. The van der Waals surface area contributed by atoms with Gasteiger partial charge in [-0.05, 0) is 24.3 Å². The van der Waals surface area contributed by atoms with Gasteiger partial charge in [0.2, 0.25) is 5.91 Å². The summed E-state index contributed by atoms with van der Waals surface area (Å²) in [6.45, 7) is 3.48. The lowest BCUT2D eigenvalue weighted by Gasteiger charge is -2.20. The summed E-state index contributed by atoms with van der Waals surface area (Å²) >= 11 is 0. The molecule has 0 spiro atoms. The van der Waals surface area contributed by atoms with Crippen molar-refractivity contribution in [2.75, 3.05) is 18.4 Å². The fraction of sp³-hybridized carbons (Fsp3) is 0.333. The van der Waals surface area contributed by atoms with Gasteiger partial charge in [-0.15, -0.1) is 0 Å². The first-order valence-electron chi connectivity index (χ1n) is 5.56. The Hall–Kier alpha value is -2.08. The van der Waals surface area contributed by atoms with Crippen LogP contribution in [0.4, 0.5) is 5.69 Å². The van der Waals surface area contributed by atoms with Gasteiger partial charge in [0.05, 0.1) is 6.54 Å². The molecule has 3 N–H and O–H groups in total. The van der Waals surface area contributed by atoms with E-state index in [1.54, 1.807) is 24.3 Å². The van der Waals surface area contributed by atoms with E-state index in [0.717, 1.165) is 0 Å². The Bertz CT molecular complexity index is 417. The minimum atomic E-state index is -0.216. The Morgan fingerprint density at radius 1 is 1.28 bits per heavy atom. The van der Waals surface area contributed by atoms with Crippen molar-refractivity contribution >= 4 is 17.5 Å². The van der Waals surface area contributed by atoms with Crippen LogP contribution in [0.3, 0.4) is 0 Å². The van der Waals surface area contributed by atoms with Crippen LogP contribution in [0.15, 0.2) is 24.3 Å². The van der Waals surface area contributed by atoms with Crippen LogP contribution in [-0.2, 0) is 9.59 Å². The zero-order valence-electron chi connectivity index (χ0n) is 10.5. The standard InChI is InChI=1S/C12H17N3O3/c1-9(16)14-11-3-5-12(6-4-11)18-15(8-7-13)10(2)17/h3-6H,7-8,13H2,1-2H3,(H,14,16). The van der Waals surface area contributed by atoms with Gasteiger partial charge in [-0.2, -0.15) is 5.06 Å². The van der Waals surface area contributed by atoms with Gasteiger partial charge in [-0.3, -0.25) is 9.59 Å². The van der Waals surface area contributed by atoms with Crippen molar-refractivity contribution in [3.63, 3.8) is 0 Å². The fourth-order valence-electron chi connectivity index (χ4n) is 1.31. The van der Waals surface area contributed by atoms with Gasteiger partial charge in [0.25, 0.3) is 5.91 Å². The average Bonchev–Trinajstić information content (AvgIpc) is 2.30. The molecule has 0 saturated heterocycles. The molecule has 0 aromatic heterocycles. The molecule has 98 valence electrons. The number of amides is 2. The van der Waals surface area contributed by atoms with Crippen molar-refractivity contribution in [3.05, 3.63) is 24.3 Å². The van der Waals surface area contributed by atoms with Crippen LogP contribution in [0.1, 0.15) is 13.8 Å². The lowest BCUT2D eigenvalue weighted by atomic mass is 10.3. The molecule has 1 rings (SSSR count). The average molecular weight is 251 g/mol. The van der Waals surface area contributed by atoms with E-state index in [2.05, 4.69) is 5.32 Å². The zero-order valence-corrected chi connectivity index (χ0v) is 10.5. The molecule has 0 aliphatic heterocycles. The molecule has 0 saturated carbocycles. The molecule has 0 atom stereocenters. The third kappa shape index (κ3) is 4.42. The lowest BCUT2D eigenvalue weighted by molar-refractivity contribution is -0.154. The highest BCUT2D eigenvalue weighted by atomic mass is 16.7. The van der Waals surface area contributed by atoms with Crippen LogP contribution >= 0.6 is 0 Å². The number of carbonyl (C=O) groups is 2. The molecule has 0 unspecified atom stereocenters. The second kappa shape index (κ2) is 6.61. The predicted molar refractivity (Wildman–Crippen MR) is 67.8 cm³/mol. The van der Waals surface area contributed by atoms with Crippen molar-refractivity contribution in [1.82, 2.24) is 5.06 Å². The van der Waals surface area contributed by atoms with Gasteiger partial charge in [-0.1, -0.05) is 0 Å². The summed E-state index contributed by atoms with van der Waals surface area (Å²) in [5, 5.41) is 3.83. The second-order valence-electron chi connectivity index (χ2n) is 3.71. The predicted octanol–water partition coefficient (Wildman–Crippen LogP) is 0.746. The van der Waals surface area contributed by atoms with Gasteiger partial charge in [0.1, 0.15) is 0 Å². The van der Waals surface area contributed by atoms with Crippen LogP contribution in [0.25, 0.3) is 0 Å². The number of nitrogens with two attached hydrogens (primary N) is 1. The normalized spacial score (nSPS) is 9.72. The van der Waals surface area contributed by atoms with E-state index in [-0.39, 0.29) is 11.8 Å². The van der Waals surface area contributed by atoms with E-state index in [1.807, 2.05) is 0 Å². The van der Waals surface area contributed by atoms with Crippen LogP contribution in [-0.4, -0.2) is 30.0 Å². The Labute approximate surface area is 106 Å². The third-order valence-electron chi connectivity index (χ3n) is 2.07. The van der Waals surface area contributed by atoms with E-state index in [0.29, 0.717) is 24.5 Å². The molecule has 1 aromatic rings. The minimum absolute atomic E-state index is 0.142. The molecule has 0 fully saturated rings. The number of benzene rings is 1. The summed E-state index contributed by atoms with van der Waals surface area (Å²) in [6, 6.07) is 6.71. The smallest absolute Gasteiger partial charge is 0.252 e. The van der Waals surface area contributed by atoms with E-state index < -0.39 is 0 Å². The molecule has 0 radical (unpaired) electrons. The van der Waals surface area contributed by atoms with E-state index in [9.17, 15) is 9.59 Å². The molecule has 6 nitrogen and oxygen atoms in total. The first kappa shape index (κ1) is 14.0. The number of hydroxylamine groups is 2. The molecule has 0 aliphatic carbocycles. The fourth-order valence-corrected chi connectivity index (χ4v) is 1.31. The summed E-state index contributed by atoms with van der Waals surface area (Å²) in [5.74, 6) is 0.149. The molecule has 18 heavy (non-hydrogen) atoms. The van der Waals surface area contributed by atoms with Crippen molar-refractivity contribution in [3.8, 4) is 5.75 Å². The van der Waals surface area contributed by atoms with Crippen molar-refractivity contribution in [2.24, 2.45) is 5.73 Å². The van der Waals surface area contributed by atoms with Crippen LogP contribution in [0, 0.1) is 0 Å². The number of nitrogens with zero attached hydrogens (tertiary/aromatic N) is 1. The molecule has 0 aliphatic rings. The molecule has 0 bridgehead atoms. The largest absolute Gasteiger partial charge is 0.377 e. The molecule has 6 heteroatoms. The molecule has 2 amide bonds. The van der Waals surface area contributed by atoms with Gasteiger partial charge in [0.15, 0.2) is 5.75 Å². The topological polar surface area (TPSA) is 84.7 Å². The Balaban J connectivity index is 2.67. The molecule has 0 heterocycles. The van der Waals surface area contributed by atoms with Gasteiger partial charge in [0, 0.05) is 26.1 Å². The third-order valence-corrected chi connectivity index (χ3v) is 2.07. The number of nitrogens with one attached hydrogen (secondary N) is 1. The summed E-state index contributed by atoms with van der Waals surface area (Å²) in [7, 11) is 0. The van der Waals surface area contributed by atoms with Crippen LogP contribution in [0.2, 0.25) is 0 Å². The Kier molecular flexibility index (Phi) is 5.13. The highest BCUT2D eigenvalue weighted by molar-refractivity contribution is 5.88. The van der Waals surface area contributed by atoms with E-state index >= 15 is 0 Å². The zero-order chi connectivity index (χ0) is 13.5. The van der Waals surface area contributed by atoms with Gasteiger partial charge in [-0.25, -0.2) is 0 Å². The number of carbonyl (C=O) groups excluding carboxylic acids is 2. The summed E-state index contributed by atoms with van der Waals surface area (Å²) in [5.41, 5.74) is 6.05. The molecular weight excluding hydrogens is 234 g/mol. The molecular formula is C12H17N3O3. The van der Waals surface area contributed by atoms with Crippen molar-refractivity contribution in [1.29, 1.82) is 0 Å². The van der Waals surface area contributed by atoms with Crippen LogP contribution in [0.5, 0.6) is 5.75 Å². The lowest BCUT2D eigenvalue weighted by Crippen LogP contribution is -2.36. The number of hydrogen-bond donors (Lipinski definition) is 2. The SMILES string of the molecule is CC(=O)Nc1ccc(ON(CCN)C(C)=O)cc1. The monoisotopic (exact) mass is 251 g/mol. The number of hydrogen-bond acceptors (Lipinski definition) is 4. The Morgan fingerprint density at radius 2 is 1.89 bits per heavy atom. The summed E-state index contributed by atoms with van der Waals surface area (Å²) < 4.78 is 0.